The molecule has 0 aromatic rings. The molecule has 2 heteroatoms. The Bertz CT molecular complexity index is 96.7. The molecule has 0 aromatic carbocycles. The Morgan fingerprint density at radius 1 is 1.88 bits per heavy atom. The van der Waals surface area contributed by atoms with Crippen LogP contribution in [0.5, 0.6) is 0 Å². The Morgan fingerprint density at radius 3 is 3.25 bits per heavy atom. The second kappa shape index (κ2) is 2.84. The van der Waals surface area contributed by atoms with Gasteiger partial charge in [-0.05, 0) is 5.57 Å². The fourth-order valence-corrected chi connectivity index (χ4v) is 0.712. The van der Waals surface area contributed by atoms with E-state index >= 15 is 0 Å². The number of hydrogen-bond donors (Lipinski definition) is 0. The Kier molecular flexibility index (Phi) is 2.06. The van der Waals surface area contributed by atoms with Crippen LogP contribution in [0, 0.1) is 0 Å². The monoisotopic (exact) mass is 114 g/mol. The van der Waals surface area contributed by atoms with Gasteiger partial charge in [-0.15, -0.1) is 0 Å². The van der Waals surface area contributed by atoms with Crippen LogP contribution in [0.1, 0.15) is 0 Å². The molecule has 8 heavy (non-hydrogen) atoms. The third-order valence-corrected chi connectivity index (χ3v) is 1.11. The smallest absolute Gasteiger partial charge is 0.0704 e. The summed E-state index contributed by atoms with van der Waals surface area (Å²) < 4.78 is 9.91. The second-order valence-electron chi connectivity index (χ2n) is 1.81. The van der Waals surface area contributed by atoms with Crippen LogP contribution >= 0.6 is 0 Å². The molecular formula is C6H10O2. The van der Waals surface area contributed by atoms with Gasteiger partial charge in [-0.1, -0.05) is 6.08 Å². The lowest BCUT2D eigenvalue weighted by Gasteiger charge is -1.95. The highest BCUT2D eigenvalue weighted by atomic mass is 16.5. The molecule has 1 aliphatic rings. The maximum absolute atomic E-state index is 5.04. The zero-order valence-corrected chi connectivity index (χ0v) is 5.02. The van der Waals surface area contributed by atoms with Crippen molar-refractivity contribution in [3.8, 4) is 0 Å². The Hall–Kier alpha value is -0.340. The van der Waals surface area contributed by atoms with Gasteiger partial charge in [-0.2, -0.15) is 0 Å². The van der Waals surface area contributed by atoms with Gasteiger partial charge < -0.3 is 9.47 Å². The summed E-state index contributed by atoms with van der Waals surface area (Å²) in [5, 5.41) is 0. The van der Waals surface area contributed by atoms with Crippen LogP contribution in [-0.2, 0) is 9.47 Å². The van der Waals surface area contributed by atoms with Crippen molar-refractivity contribution in [2.24, 2.45) is 0 Å². The molecule has 0 bridgehead atoms. The fourth-order valence-electron chi connectivity index (χ4n) is 0.712. The lowest BCUT2D eigenvalue weighted by Crippen LogP contribution is -1.95. The topological polar surface area (TPSA) is 18.5 Å². The molecule has 1 rings (SSSR count). The normalized spacial score (nSPS) is 18.9. The molecule has 0 aromatic heterocycles. The summed E-state index contributed by atoms with van der Waals surface area (Å²) in [6.07, 6.45) is 2.06. The number of hydrogen-bond acceptors (Lipinski definition) is 2. The van der Waals surface area contributed by atoms with Crippen molar-refractivity contribution < 1.29 is 9.47 Å². The molecule has 0 aliphatic carbocycles. The summed E-state index contributed by atoms with van der Waals surface area (Å²) in [4.78, 5) is 0. The molecule has 0 saturated carbocycles. The third-order valence-electron chi connectivity index (χ3n) is 1.11. The van der Waals surface area contributed by atoms with Crippen molar-refractivity contribution in [3.05, 3.63) is 11.6 Å². The molecule has 0 atom stereocenters. The van der Waals surface area contributed by atoms with Crippen molar-refractivity contribution in [2.75, 3.05) is 26.9 Å². The molecule has 0 fully saturated rings. The lowest BCUT2D eigenvalue weighted by atomic mass is 10.3. The van der Waals surface area contributed by atoms with E-state index in [0.29, 0.717) is 0 Å². The zero-order chi connectivity index (χ0) is 5.82. The summed E-state index contributed by atoms with van der Waals surface area (Å²) in [7, 11) is 1.69. The molecule has 0 unspecified atom stereocenters. The Morgan fingerprint density at radius 2 is 2.75 bits per heavy atom. The quantitative estimate of drug-likeness (QED) is 0.489. The van der Waals surface area contributed by atoms with E-state index in [0.717, 1.165) is 19.8 Å². The van der Waals surface area contributed by atoms with E-state index in [1.54, 1.807) is 7.11 Å². The number of methoxy groups -OCH3 is 1. The predicted octanol–water partition coefficient (Wildman–Crippen LogP) is 0.589. The number of ether oxygens (including phenoxy) is 2. The minimum Gasteiger partial charge on any atom is -0.380 e. The maximum atomic E-state index is 5.04. The average Bonchev–Trinajstić information content (AvgIpc) is 2.19. The van der Waals surface area contributed by atoms with E-state index in [1.807, 2.05) is 0 Å². The lowest BCUT2D eigenvalue weighted by molar-refractivity contribution is 0.182. The van der Waals surface area contributed by atoms with Crippen LogP contribution in [0.2, 0.25) is 0 Å². The van der Waals surface area contributed by atoms with Gasteiger partial charge in [0.15, 0.2) is 0 Å². The average molecular weight is 114 g/mol. The zero-order valence-electron chi connectivity index (χ0n) is 5.02. The van der Waals surface area contributed by atoms with Gasteiger partial charge in [0, 0.05) is 7.11 Å². The second-order valence-corrected chi connectivity index (χ2v) is 1.81. The van der Waals surface area contributed by atoms with Crippen molar-refractivity contribution in [1.29, 1.82) is 0 Å². The molecule has 1 aliphatic heterocycles. The molecule has 0 spiro atoms. The highest BCUT2D eigenvalue weighted by Crippen LogP contribution is 2.02. The summed E-state index contributed by atoms with van der Waals surface area (Å²) in [5.74, 6) is 0. The van der Waals surface area contributed by atoms with Gasteiger partial charge in [0.05, 0.1) is 19.8 Å². The Balaban J connectivity index is 2.23. The molecule has 0 radical (unpaired) electrons. The highest BCUT2D eigenvalue weighted by molar-refractivity contribution is 5.06. The molecule has 1 heterocycles. The molecule has 0 saturated heterocycles. The third kappa shape index (κ3) is 1.32. The van der Waals surface area contributed by atoms with Gasteiger partial charge in [-0.25, -0.2) is 0 Å². The SMILES string of the molecule is COCC1=CCOC1. The first-order valence-corrected chi connectivity index (χ1v) is 2.68. The van der Waals surface area contributed by atoms with Gasteiger partial charge >= 0.3 is 0 Å². The van der Waals surface area contributed by atoms with E-state index in [1.165, 1.54) is 5.57 Å². The van der Waals surface area contributed by atoms with Gasteiger partial charge in [0.2, 0.25) is 0 Å². The summed E-state index contributed by atoms with van der Waals surface area (Å²) in [6, 6.07) is 0. The van der Waals surface area contributed by atoms with Crippen LogP contribution in [0.25, 0.3) is 0 Å². The van der Waals surface area contributed by atoms with Crippen LogP contribution in [0.4, 0.5) is 0 Å². The maximum Gasteiger partial charge on any atom is 0.0704 e. The summed E-state index contributed by atoms with van der Waals surface area (Å²) in [5.41, 5.74) is 1.26. The first kappa shape index (κ1) is 5.79. The fraction of sp³-hybridized carbons (Fsp3) is 0.667. The van der Waals surface area contributed by atoms with Gasteiger partial charge in [-0.3, -0.25) is 0 Å². The van der Waals surface area contributed by atoms with E-state index < -0.39 is 0 Å². The van der Waals surface area contributed by atoms with Crippen molar-refractivity contribution in [1.82, 2.24) is 0 Å². The Labute approximate surface area is 49.1 Å². The van der Waals surface area contributed by atoms with Crippen LogP contribution in [0.3, 0.4) is 0 Å². The first-order valence-electron chi connectivity index (χ1n) is 2.68. The molecule has 0 N–H and O–H groups in total. The first-order chi connectivity index (χ1) is 3.93. The molecule has 2 nitrogen and oxygen atoms in total. The standard InChI is InChI=1S/C6H10O2/c1-7-4-6-2-3-8-5-6/h2H,3-5H2,1H3. The minimum absolute atomic E-state index is 0.722. The number of rotatable bonds is 2. The van der Waals surface area contributed by atoms with E-state index in [4.69, 9.17) is 9.47 Å². The van der Waals surface area contributed by atoms with E-state index in [2.05, 4.69) is 6.08 Å². The predicted molar refractivity (Wildman–Crippen MR) is 30.8 cm³/mol. The van der Waals surface area contributed by atoms with Crippen LogP contribution in [-0.4, -0.2) is 26.9 Å². The molecule has 46 valence electrons. The van der Waals surface area contributed by atoms with E-state index in [9.17, 15) is 0 Å². The summed E-state index contributed by atoms with van der Waals surface area (Å²) >= 11 is 0. The van der Waals surface area contributed by atoms with Crippen molar-refractivity contribution in [3.63, 3.8) is 0 Å². The van der Waals surface area contributed by atoms with Crippen molar-refractivity contribution in [2.45, 2.75) is 0 Å². The molecule has 0 amide bonds. The minimum atomic E-state index is 0.722. The van der Waals surface area contributed by atoms with Gasteiger partial charge in [0.1, 0.15) is 0 Å². The van der Waals surface area contributed by atoms with Crippen molar-refractivity contribution >= 4 is 0 Å². The molecular weight excluding hydrogens is 104 g/mol. The van der Waals surface area contributed by atoms with E-state index in [-0.39, 0.29) is 0 Å². The van der Waals surface area contributed by atoms with Crippen LogP contribution in [0.15, 0.2) is 11.6 Å². The largest absolute Gasteiger partial charge is 0.380 e. The van der Waals surface area contributed by atoms with Crippen LogP contribution < -0.4 is 0 Å². The summed E-state index contributed by atoms with van der Waals surface area (Å²) in [6.45, 7) is 2.24. The van der Waals surface area contributed by atoms with Gasteiger partial charge in [0.25, 0.3) is 0 Å². The highest BCUT2D eigenvalue weighted by Gasteiger charge is 2.01.